The molecule has 8 heteroatoms. The van der Waals surface area contributed by atoms with E-state index in [1.165, 1.54) is 0 Å². The van der Waals surface area contributed by atoms with Crippen LogP contribution in [0.25, 0.3) is 10.9 Å². The molecule has 1 aromatic carbocycles. The summed E-state index contributed by atoms with van der Waals surface area (Å²) in [4.78, 5) is 3.23. The molecule has 0 radical (unpaired) electrons. The number of alkyl halides is 6. The predicted octanol–water partition coefficient (Wildman–Crippen LogP) is 5.03. The molecule has 0 atom stereocenters. The van der Waals surface area contributed by atoms with Crippen molar-refractivity contribution in [2.45, 2.75) is 12.4 Å². The molecular formula is C11H4BrF6N. The Morgan fingerprint density at radius 2 is 1.53 bits per heavy atom. The number of aromatic nitrogens is 1. The Labute approximate surface area is 111 Å². The molecule has 0 amide bonds. The molecule has 102 valence electrons. The highest BCUT2D eigenvalue weighted by Gasteiger charge is 2.34. The fourth-order valence-corrected chi connectivity index (χ4v) is 2.06. The first-order valence-electron chi connectivity index (χ1n) is 4.84. The molecule has 0 unspecified atom stereocenters. The lowest BCUT2D eigenvalue weighted by atomic mass is 10.1. The van der Waals surface area contributed by atoms with E-state index in [0.29, 0.717) is 6.07 Å². The lowest BCUT2D eigenvalue weighted by Gasteiger charge is -2.11. The number of halogens is 7. The summed E-state index contributed by atoms with van der Waals surface area (Å²) < 4.78 is 75.1. The Kier molecular flexibility index (Phi) is 3.24. The highest BCUT2D eigenvalue weighted by Crippen LogP contribution is 2.36. The van der Waals surface area contributed by atoms with Crippen LogP contribution in [0.15, 0.2) is 28.7 Å². The molecule has 0 aliphatic heterocycles. The van der Waals surface area contributed by atoms with Gasteiger partial charge < -0.3 is 0 Å². The average molecular weight is 344 g/mol. The van der Waals surface area contributed by atoms with Gasteiger partial charge in [-0.15, -0.1) is 0 Å². The standard InChI is InChI=1S/C11H4BrF6N/c12-7-4-9(11(16,17)18)19-8-3-5(10(13,14)15)1-2-6(7)8/h1-4H. The van der Waals surface area contributed by atoms with Crippen molar-refractivity contribution >= 4 is 26.8 Å². The molecule has 19 heavy (non-hydrogen) atoms. The van der Waals surface area contributed by atoms with Crippen LogP contribution >= 0.6 is 15.9 Å². The van der Waals surface area contributed by atoms with Gasteiger partial charge in [-0.1, -0.05) is 22.0 Å². The molecule has 0 aliphatic carbocycles. The number of rotatable bonds is 0. The van der Waals surface area contributed by atoms with Crippen molar-refractivity contribution in [2.75, 3.05) is 0 Å². The number of hydrogen-bond acceptors (Lipinski definition) is 1. The van der Waals surface area contributed by atoms with Gasteiger partial charge in [0.2, 0.25) is 0 Å². The van der Waals surface area contributed by atoms with Crippen LogP contribution in [-0.4, -0.2) is 4.98 Å². The molecule has 1 nitrogen and oxygen atoms in total. The quantitative estimate of drug-likeness (QED) is 0.611. The topological polar surface area (TPSA) is 12.9 Å². The van der Waals surface area contributed by atoms with Crippen LogP contribution in [-0.2, 0) is 12.4 Å². The van der Waals surface area contributed by atoms with E-state index in [0.717, 1.165) is 18.2 Å². The molecule has 0 saturated heterocycles. The maximum absolute atomic E-state index is 12.5. The van der Waals surface area contributed by atoms with Gasteiger partial charge in [-0.05, 0) is 18.2 Å². The summed E-state index contributed by atoms with van der Waals surface area (Å²) in [6, 6.07) is 3.20. The van der Waals surface area contributed by atoms with Crippen molar-refractivity contribution < 1.29 is 26.3 Å². The molecule has 0 aliphatic rings. The van der Waals surface area contributed by atoms with Gasteiger partial charge in [0.05, 0.1) is 11.1 Å². The van der Waals surface area contributed by atoms with E-state index in [1.54, 1.807) is 0 Å². The van der Waals surface area contributed by atoms with Gasteiger partial charge >= 0.3 is 12.4 Å². The number of fused-ring (bicyclic) bond motifs is 1. The van der Waals surface area contributed by atoms with Gasteiger partial charge in [0.25, 0.3) is 0 Å². The van der Waals surface area contributed by atoms with Gasteiger partial charge in [0.1, 0.15) is 5.69 Å². The van der Waals surface area contributed by atoms with Crippen LogP contribution in [0.1, 0.15) is 11.3 Å². The molecule has 0 spiro atoms. The van der Waals surface area contributed by atoms with E-state index in [9.17, 15) is 26.3 Å². The summed E-state index contributed by atoms with van der Waals surface area (Å²) >= 11 is 2.89. The molecule has 0 bridgehead atoms. The van der Waals surface area contributed by atoms with Crippen molar-refractivity contribution in [3.63, 3.8) is 0 Å². The van der Waals surface area contributed by atoms with E-state index in [4.69, 9.17) is 0 Å². The highest BCUT2D eigenvalue weighted by atomic mass is 79.9. The SMILES string of the molecule is FC(F)(F)c1ccc2c(Br)cc(C(F)(F)F)nc2c1. The summed E-state index contributed by atoms with van der Waals surface area (Å²) in [6.07, 6.45) is -9.35. The summed E-state index contributed by atoms with van der Waals surface area (Å²) in [5.74, 6) is 0. The van der Waals surface area contributed by atoms with Crippen molar-refractivity contribution in [3.8, 4) is 0 Å². The molecule has 0 fully saturated rings. The second kappa shape index (κ2) is 4.36. The van der Waals surface area contributed by atoms with Gasteiger partial charge in [0.15, 0.2) is 0 Å². The monoisotopic (exact) mass is 343 g/mol. The van der Waals surface area contributed by atoms with E-state index >= 15 is 0 Å². The molecule has 1 aromatic heterocycles. The number of benzene rings is 1. The predicted molar refractivity (Wildman–Crippen MR) is 59.4 cm³/mol. The third kappa shape index (κ3) is 2.83. The summed E-state index contributed by atoms with van der Waals surface area (Å²) in [7, 11) is 0. The minimum Gasteiger partial charge on any atom is -0.243 e. The molecule has 1 heterocycles. The molecular weight excluding hydrogens is 340 g/mol. The first-order valence-corrected chi connectivity index (χ1v) is 5.63. The van der Waals surface area contributed by atoms with E-state index < -0.39 is 23.6 Å². The van der Waals surface area contributed by atoms with Gasteiger partial charge in [-0.2, -0.15) is 26.3 Å². The number of hydrogen-bond donors (Lipinski definition) is 0. The second-order valence-electron chi connectivity index (χ2n) is 3.72. The Bertz CT molecular complexity index is 626. The smallest absolute Gasteiger partial charge is 0.243 e. The van der Waals surface area contributed by atoms with Crippen molar-refractivity contribution in [1.82, 2.24) is 4.98 Å². The van der Waals surface area contributed by atoms with Gasteiger partial charge in [-0.3, -0.25) is 0 Å². The Hall–Kier alpha value is -1.31. The molecule has 2 aromatic rings. The van der Waals surface area contributed by atoms with Gasteiger partial charge in [0, 0.05) is 9.86 Å². The van der Waals surface area contributed by atoms with Gasteiger partial charge in [-0.25, -0.2) is 4.98 Å². The minimum absolute atomic E-state index is 0.0403. The molecule has 2 rings (SSSR count). The van der Waals surface area contributed by atoms with Crippen LogP contribution in [0.3, 0.4) is 0 Å². The van der Waals surface area contributed by atoms with Crippen LogP contribution in [0.2, 0.25) is 0 Å². The summed E-state index contributed by atoms with van der Waals surface area (Å²) in [5.41, 5.74) is -2.65. The second-order valence-corrected chi connectivity index (χ2v) is 4.57. The fraction of sp³-hybridized carbons (Fsp3) is 0.182. The Balaban J connectivity index is 2.70. The molecule has 0 N–H and O–H groups in total. The third-order valence-corrected chi connectivity index (χ3v) is 3.03. The molecule has 0 saturated carbocycles. The first kappa shape index (κ1) is 14.1. The summed E-state index contributed by atoms with van der Waals surface area (Å²) in [6.45, 7) is 0. The third-order valence-electron chi connectivity index (χ3n) is 2.38. The van der Waals surface area contributed by atoms with Crippen LogP contribution in [0.4, 0.5) is 26.3 Å². The van der Waals surface area contributed by atoms with E-state index in [1.807, 2.05) is 0 Å². The maximum atomic E-state index is 12.5. The van der Waals surface area contributed by atoms with Crippen LogP contribution in [0, 0.1) is 0 Å². The lowest BCUT2D eigenvalue weighted by molar-refractivity contribution is -0.141. The zero-order valence-corrected chi connectivity index (χ0v) is 10.5. The van der Waals surface area contributed by atoms with E-state index in [2.05, 4.69) is 20.9 Å². The zero-order valence-electron chi connectivity index (χ0n) is 8.90. The Morgan fingerprint density at radius 3 is 2.05 bits per heavy atom. The normalized spacial score (nSPS) is 13.0. The number of pyridine rings is 1. The van der Waals surface area contributed by atoms with Crippen molar-refractivity contribution in [2.24, 2.45) is 0 Å². The fourth-order valence-electron chi connectivity index (χ4n) is 1.51. The Morgan fingerprint density at radius 1 is 0.895 bits per heavy atom. The van der Waals surface area contributed by atoms with Crippen LogP contribution in [0.5, 0.6) is 0 Å². The zero-order chi connectivity index (χ0) is 14.4. The van der Waals surface area contributed by atoms with Crippen molar-refractivity contribution in [3.05, 3.63) is 40.0 Å². The van der Waals surface area contributed by atoms with Crippen LogP contribution < -0.4 is 0 Å². The summed E-state index contributed by atoms with van der Waals surface area (Å²) in [5, 5.41) is 0.181. The number of nitrogens with zero attached hydrogens (tertiary/aromatic N) is 1. The lowest BCUT2D eigenvalue weighted by Crippen LogP contribution is -2.09. The minimum atomic E-state index is -4.72. The first-order chi connectivity index (χ1) is 8.59. The maximum Gasteiger partial charge on any atom is 0.433 e. The average Bonchev–Trinajstić information content (AvgIpc) is 2.25. The van der Waals surface area contributed by atoms with Crippen molar-refractivity contribution in [1.29, 1.82) is 0 Å². The highest BCUT2D eigenvalue weighted by molar-refractivity contribution is 9.10. The van der Waals surface area contributed by atoms with E-state index in [-0.39, 0.29) is 15.4 Å². The largest absolute Gasteiger partial charge is 0.433 e.